The standard InChI is InChI=1S/C16H17FN2O2/c1-11-10-13(17)6-5-12(11)7-9-19-15-14(16(20)21-2)4-3-8-18-15/h3-6,8,10H,7,9H2,1-2H3,(H,18,19). The number of carbonyl (C=O) groups is 1. The van der Waals surface area contributed by atoms with Gasteiger partial charge in [-0.1, -0.05) is 6.07 Å². The second-order valence-electron chi connectivity index (χ2n) is 4.64. The molecule has 2 aromatic rings. The number of hydrogen-bond donors (Lipinski definition) is 1. The molecular weight excluding hydrogens is 271 g/mol. The van der Waals surface area contributed by atoms with Gasteiger partial charge in [0.25, 0.3) is 0 Å². The van der Waals surface area contributed by atoms with Gasteiger partial charge in [0.05, 0.1) is 7.11 Å². The first kappa shape index (κ1) is 15.0. The highest BCUT2D eigenvalue weighted by Crippen LogP contribution is 2.14. The number of methoxy groups -OCH3 is 1. The molecule has 0 amide bonds. The molecule has 2 rings (SSSR count). The van der Waals surface area contributed by atoms with Crippen LogP contribution in [-0.2, 0) is 11.2 Å². The summed E-state index contributed by atoms with van der Waals surface area (Å²) in [6, 6.07) is 8.07. The van der Waals surface area contributed by atoms with Gasteiger partial charge in [-0.25, -0.2) is 14.2 Å². The maximum Gasteiger partial charge on any atom is 0.341 e. The van der Waals surface area contributed by atoms with E-state index in [1.807, 2.05) is 6.92 Å². The van der Waals surface area contributed by atoms with E-state index < -0.39 is 5.97 Å². The summed E-state index contributed by atoms with van der Waals surface area (Å²) in [5.41, 5.74) is 2.36. The Hall–Kier alpha value is -2.43. The summed E-state index contributed by atoms with van der Waals surface area (Å²) in [6.07, 6.45) is 2.32. The average Bonchev–Trinajstić information content (AvgIpc) is 2.49. The van der Waals surface area contributed by atoms with E-state index in [0.717, 1.165) is 11.1 Å². The molecule has 21 heavy (non-hydrogen) atoms. The molecule has 0 aliphatic carbocycles. The van der Waals surface area contributed by atoms with Gasteiger partial charge >= 0.3 is 5.97 Å². The van der Waals surface area contributed by atoms with Crippen LogP contribution in [0.4, 0.5) is 10.2 Å². The molecular formula is C16H17FN2O2. The molecule has 1 aromatic carbocycles. The van der Waals surface area contributed by atoms with E-state index in [-0.39, 0.29) is 5.82 Å². The van der Waals surface area contributed by atoms with Crippen molar-refractivity contribution in [2.24, 2.45) is 0 Å². The Morgan fingerprint density at radius 1 is 1.38 bits per heavy atom. The zero-order valence-electron chi connectivity index (χ0n) is 12.0. The Kier molecular flexibility index (Phi) is 4.87. The Labute approximate surface area is 123 Å². The fraction of sp³-hybridized carbons (Fsp3) is 0.250. The van der Waals surface area contributed by atoms with Gasteiger partial charge in [0.2, 0.25) is 0 Å². The normalized spacial score (nSPS) is 10.2. The van der Waals surface area contributed by atoms with E-state index in [9.17, 15) is 9.18 Å². The Balaban J connectivity index is 2.02. The molecule has 0 unspecified atom stereocenters. The molecule has 0 aliphatic rings. The number of halogens is 1. The van der Waals surface area contributed by atoms with Crippen LogP contribution in [0.2, 0.25) is 0 Å². The molecule has 0 saturated carbocycles. The van der Waals surface area contributed by atoms with Crippen molar-refractivity contribution in [2.45, 2.75) is 13.3 Å². The lowest BCUT2D eigenvalue weighted by Crippen LogP contribution is -2.12. The Bertz CT molecular complexity index is 644. The van der Waals surface area contributed by atoms with Crippen LogP contribution in [0, 0.1) is 12.7 Å². The zero-order valence-corrected chi connectivity index (χ0v) is 12.0. The largest absolute Gasteiger partial charge is 0.465 e. The van der Waals surface area contributed by atoms with Crippen molar-refractivity contribution in [3.8, 4) is 0 Å². The minimum absolute atomic E-state index is 0.234. The molecule has 0 spiro atoms. The fourth-order valence-corrected chi connectivity index (χ4v) is 2.08. The van der Waals surface area contributed by atoms with Crippen LogP contribution in [-0.4, -0.2) is 24.6 Å². The number of hydrogen-bond acceptors (Lipinski definition) is 4. The number of benzene rings is 1. The molecule has 1 heterocycles. The highest BCUT2D eigenvalue weighted by atomic mass is 19.1. The summed E-state index contributed by atoms with van der Waals surface area (Å²) < 4.78 is 17.8. The van der Waals surface area contributed by atoms with Crippen molar-refractivity contribution in [3.63, 3.8) is 0 Å². The molecule has 0 atom stereocenters. The molecule has 0 fully saturated rings. The first-order chi connectivity index (χ1) is 10.1. The number of ether oxygens (including phenoxy) is 1. The predicted molar refractivity (Wildman–Crippen MR) is 78.9 cm³/mol. The molecule has 1 N–H and O–H groups in total. The van der Waals surface area contributed by atoms with Crippen LogP contribution in [0.25, 0.3) is 0 Å². The lowest BCUT2D eigenvalue weighted by Gasteiger charge is -2.10. The zero-order chi connectivity index (χ0) is 15.2. The molecule has 4 nitrogen and oxygen atoms in total. The molecule has 5 heteroatoms. The van der Waals surface area contributed by atoms with Crippen LogP contribution in [0.1, 0.15) is 21.5 Å². The van der Waals surface area contributed by atoms with Gasteiger partial charge in [0, 0.05) is 12.7 Å². The summed E-state index contributed by atoms with van der Waals surface area (Å²) in [5, 5.41) is 3.11. The van der Waals surface area contributed by atoms with Gasteiger partial charge in [-0.3, -0.25) is 0 Å². The minimum atomic E-state index is -0.427. The predicted octanol–water partition coefficient (Wildman–Crippen LogP) is 2.97. The second kappa shape index (κ2) is 6.83. The number of anilines is 1. The first-order valence-electron chi connectivity index (χ1n) is 6.64. The van der Waals surface area contributed by atoms with E-state index in [4.69, 9.17) is 4.74 Å². The molecule has 0 bridgehead atoms. The monoisotopic (exact) mass is 288 g/mol. The van der Waals surface area contributed by atoms with Gasteiger partial charge in [-0.2, -0.15) is 0 Å². The smallest absolute Gasteiger partial charge is 0.341 e. The van der Waals surface area contributed by atoms with E-state index in [1.165, 1.54) is 19.2 Å². The minimum Gasteiger partial charge on any atom is -0.465 e. The van der Waals surface area contributed by atoms with Gasteiger partial charge in [-0.15, -0.1) is 0 Å². The fourth-order valence-electron chi connectivity index (χ4n) is 2.08. The van der Waals surface area contributed by atoms with Gasteiger partial charge in [0.1, 0.15) is 17.2 Å². The van der Waals surface area contributed by atoms with Gasteiger partial charge in [-0.05, 0) is 48.7 Å². The van der Waals surface area contributed by atoms with E-state index in [1.54, 1.807) is 24.4 Å². The number of aromatic nitrogens is 1. The van der Waals surface area contributed by atoms with Gasteiger partial charge in [0.15, 0.2) is 0 Å². The third-order valence-electron chi connectivity index (χ3n) is 3.20. The molecule has 0 saturated heterocycles. The number of aryl methyl sites for hydroxylation is 1. The van der Waals surface area contributed by atoms with Crippen LogP contribution in [0.5, 0.6) is 0 Å². The van der Waals surface area contributed by atoms with E-state index in [2.05, 4.69) is 10.3 Å². The lowest BCUT2D eigenvalue weighted by atomic mass is 10.1. The maximum atomic E-state index is 13.0. The van der Waals surface area contributed by atoms with Crippen molar-refractivity contribution >= 4 is 11.8 Å². The van der Waals surface area contributed by atoms with E-state index in [0.29, 0.717) is 24.3 Å². The molecule has 110 valence electrons. The second-order valence-corrected chi connectivity index (χ2v) is 4.64. The number of rotatable bonds is 5. The number of carbonyl (C=O) groups excluding carboxylic acids is 1. The van der Waals surface area contributed by atoms with Crippen molar-refractivity contribution in [1.82, 2.24) is 4.98 Å². The van der Waals surface area contributed by atoms with Crippen LogP contribution in [0.3, 0.4) is 0 Å². The van der Waals surface area contributed by atoms with Crippen molar-refractivity contribution in [1.29, 1.82) is 0 Å². The van der Waals surface area contributed by atoms with Gasteiger partial charge < -0.3 is 10.1 Å². The quantitative estimate of drug-likeness (QED) is 0.859. The summed E-state index contributed by atoms with van der Waals surface area (Å²) >= 11 is 0. The van der Waals surface area contributed by atoms with Crippen LogP contribution in [0.15, 0.2) is 36.5 Å². The average molecular weight is 288 g/mol. The number of nitrogens with zero attached hydrogens (tertiary/aromatic N) is 1. The summed E-state index contributed by atoms with van der Waals surface area (Å²) in [4.78, 5) is 15.8. The third kappa shape index (κ3) is 3.78. The topological polar surface area (TPSA) is 51.2 Å². The summed E-state index contributed by atoms with van der Waals surface area (Å²) in [5.74, 6) is -0.172. The van der Waals surface area contributed by atoms with Crippen LogP contribution < -0.4 is 5.32 Å². The molecule has 1 aromatic heterocycles. The third-order valence-corrected chi connectivity index (χ3v) is 3.20. The van der Waals surface area contributed by atoms with Crippen LogP contribution >= 0.6 is 0 Å². The Morgan fingerprint density at radius 3 is 2.90 bits per heavy atom. The highest BCUT2D eigenvalue weighted by molar-refractivity contribution is 5.94. The first-order valence-corrected chi connectivity index (χ1v) is 6.64. The highest BCUT2D eigenvalue weighted by Gasteiger charge is 2.11. The lowest BCUT2D eigenvalue weighted by molar-refractivity contribution is 0.0601. The van der Waals surface area contributed by atoms with Crippen molar-refractivity contribution in [3.05, 3.63) is 59.0 Å². The number of pyridine rings is 1. The van der Waals surface area contributed by atoms with Crippen molar-refractivity contribution < 1.29 is 13.9 Å². The molecule has 0 radical (unpaired) electrons. The molecule has 0 aliphatic heterocycles. The summed E-state index contributed by atoms with van der Waals surface area (Å²) in [7, 11) is 1.33. The maximum absolute atomic E-state index is 13.0. The number of nitrogens with one attached hydrogen (secondary N) is 1. The SMILES string of the molecule is COC(=O)c1cccnc1NCCc1ccc(F)cc1C. The summed E-state index contributed by atoms with van der Waals surface area (Å²) in [6.45, 7) is 2.46. The Morgan fingerprint density at radius 2 is 2.19 bits per heavy atom. The number of esters is 1. The van der Waals surface area contributed by atoms with E-state index >= 15 is 0 Å². The van der Waals surface area contributed by atoms with Crippen molar-refractivity contribution in [2.75, 3.05) is 19.0 Å².